The van der Waals surface area contributed by atoms with E-state index in [9.17, 15) is 30.6 Å². The molecule has 3 rings (SSSR count). The summed E-state index contributed by atoms with van der Waals surface area (Å²) >= 11 is 0. The zero-order valence-corrected chi connectivity index (χ0v) is 17.9. The van der Waals surface area contributed by atoms with Crippen molar-refractivity contribution in [1.29, 1.82) is 0 Å². The van der Waals surface area contributed by atoms with E-state index in [4.69, 9.17) is 28.8 Å². The maximum atomic E-state index is 10.6. The topological polar surface area (TPSA) is 188 Å². The first-order valence-electron chi connectivity index (χ1n) is 10.3. The molecular formula is C21H30O12. The summed E-state index contributed by atoms with van der Waals surface area (Å²) in [5.74, 6) is 0.461. The average molecular weight is 474 g/mol. The summed E-state index contributed by atoms with van der Waals surface area (Å²) in [4.78, 5) is 0. The van der Waals surface area contributed by atoms with Gasteiger partial charge >= 0.3 is 0 Å². The Balaban J connectivity index is 1.84. The van der Waals surface area contributed by atoms with Crippen LogP contribution in [0.25, 0.3) is 6.08 Å². The molecule has 0 saturated carbocycles. The maximum absolute atomic E-state index is 10.6. The van der Waals surface area contributed by atoms with Gasteiger partial charge in [0.1, 0.15) is 30.0 Å². The minimum Gasteiger partial charge on any atom is -0.493 e. The van der Waals surface area contributed by atoms with Crippen LogP contribution in [0.5, 0.6) is 11.5 Å². The normalized spacial score (nSPS) is 36.9. The molecule has 0 aliphatic carbocycles. The Hall–Kier alpha value is -1.84. The Morgan fingerprint density at radius 3 is 2.45 bits per heavy atom. The van der Waals surface area contributed by atoms with E-state index in [1.165, 1.54) is 13.2 Å². The molecule has 0 aromatic heterocycles. The highest BCUT2D eigenvalue weighted by molar-refractivity contribution is 5.56. The van der Waals surface area contributed by atoms with Crippen molar-refractivity contribution in [3.8, 4) is 11.5 Å². The van der Waals surface area contributed by atoms with Gasteiger partial charge in [0.25, 0.3) is 0 Å². The number of hydrogen-bond donors (Lipinski definition) is 7. The summed E-state index contributed by atoms with van der Waals surface area (Å²) in [7, 11) is 1.41. The number of ether oxygens (including phenoxy) is 5. The van der Waals surface area contributed by atoms with Crippen LogP contribution in [0, 0.1) is 0 Å². The Bertz CT molecular complexity index is 803. The molecule has 7 N–H and O–H groups in total. The van der Waals surface area contributed by atoms with Gasteiger partial charge in [-0.25, -0.2) is 0 Å². The quantitative estimate of drug-likeness (QED) is 0.197. The lowest BCUT2D eigenvalue weighted by Crippen LogP contribution is -2.62. The van der Waals surface area contributed by atoms with Crippen LogP contribution in [0.3, 0.4) is 0 Å². The molecule has 0 radical (unpaired) electrons. The first kappa shape index (κ1) is 25.8. The van der Waals surface area contributed by atoms with Gasteiger partial charge in [0.2, 0.25) is 6.29 Å². The van der Waals surface area contributed by atoms with Crippen molar-refractivity contribution in [2.24, 2.45) is 0 Å². The van der Waals surface area contributed by atoms with Gasteiger partial charge in [-0.15, -0.1) is 0 Å². The highest BCUT2D eigenvalue weighted by Gasteiger charge is 2.53. The summed E-state index contributed by atoms with van der Waals surface area (Å²) in [5, 5.41) is 69.1. The van der Waals surface area contributed by atoms with Crippen LogP contribution in [0.15, 0.2) is 24.3 Å². The first-order valence-corrected chi connectivity index (χ1v) is 10.3. The summed E-state index contributed by atoms with van der Waals surface area (Å²) in [6.07, 6.45) is -7.13. The van der Waals surface area contributed by atoms with E-state index in [-0.39, 0.29) is 18.1 Å². The smallest absolute Gasteiger partial charge is 0.229 e. The van der Waals surface area contributed by atoms with Gasteiger partial charge in [-0.1, -0.05) is 18.2 Å². The lowest BCUT2D eigenvalue weighted by Gasteiger charge is -2.42. The molecule has 1 aromatic carbocycles. The molecule has 186 valence electrons. The third-order valence-electron chi connectivity index (χ3n) is 5.54. The number of hydrogen-bond acceptors (Lipinski definition) is 12. The van der Waals surface area contributed by atoms with Gasteiger partial charge in [0.05, 0.1) is 33.5 Å². The second-order valence-corrected chi connectivity index (χ2v) is 7.81. The van der Waals surface area contributed by atoms with E-state index >= 15 is 0 Å². The highest BCUT2D eigenvalue weighted by atomic mass is 16.8. The van der Waals surface area contributed by atoms with E-state index in [1.807, 2.05) is 0 Å². The van der Waals surface area contributed by atoms with Crippen LogP contribution in [0.4, 0.5) is 0 Å². The molecule has 1 aromatic rings. The van der Waals surface area contributed by atoms with E-state index < -0.39 is 68.5 Å². The lowest BCUT2D eigenvalue weighted by atomic mass is 9.98. The molecule has 8 unspecified atom stereocenters. The van der Waals surface area contributed by atoms with E-state index in [1.54, 1.807) is 24.3 Å². The highest BCUT2D eigenvalue weighted by Crippen LogP contribution is 2.35. The Morgan fingerprint density at radius 2 is 1.85 bits per heavy atom. The van der Waals surface area contributed by atoms with Gasteiger partial charge in [0, 0.05) is 0 Å². The lowest BCUT2D eigenvalue weighted by molar-refractivity contribution is -0.319. The SMILES string of the molecule is COc1cc(C=CCO)ccc1OC1OC(CO)C(O)C(O)C1OC1OCC(O)(CO)C1O. The van der Waals surface area contributed by atoms with Crippen LogP contribution < -0.4 is 9.47 Å². The Morgan fingerprint density at radius 1 is 1.09 bits per heavy atom. The number of aliphatic hydroxyl groups excluding tert-OH is 6. The monoisotopic (exact) mass is 474 g/mol. The molecule has 2 heterocycles. The third-order valence-corrected chi connectivity index (χ3v) is 5.54. The molecular weight excluding hydrogens is 444 g/mol. The fraction of sp³-hybridized carbons (Fsp3) is 0.619. The molecule has 2 aliphatic heterocycles. The molecule has 2 fully saturated rings. The fourth-order valence-electron chi connectivity index (χ4n) is 3.56. The number of rotatable bonds is 9. The van der Waals surface area contributed by atoms with Gasteiger partial charge in [0.15, 0.2) is 23.9 Å². The number of benzene rings is 1. The molecule has 33 heavy (non-hydrogen) atoms. The standard InChI is InChI=1S/C21H30O12/c1-29-13-7-11(3-2-6-22)4-5-12(13)31-19-17(16(26)15(25)14(8-23)32-19)33-20-18(27)21(28,9-24)10-30-20/h2-5,7,14-20,22-28H,6,8-10H2,1H3. The van der Waals surface area contributed by atoms with Crippen molar-refractivity contribution in [1.82, 2.24) is 0 Å². The zero-order chi connectivity index (χ0) is 24.2. The summed E-state index contributed by atoms with van der Waals surface area (Å²) in [5.41, 5.74) is -1.26. The molecule has 2 aliphatic rings. The molecule has 0 spiro atoms. The Kier molecular flexibility index (Phi) is 8.64. The fourth-order valence-corrected chi connectivity index (χ4v) is 3.56. The summed E-state index contributed by atoms with van der Waals surface area (Å²) in [6.45, 7) is -1.98. The molecule has 0 amide bonds. The van der Waals surface area contributed by atoms with E-state index in [0.29, 0.717) is 5.56 Å². The van der Waals surface area contributed by atoms with Gasteiger partial charge in [-0.05, 0) is 17.7 Å². The molecule has 8 atom stereocenters. The minimum atomic E-state index is -1.96. The Labute approximate surface area is 189 Å². The second kappa shape index (κ2) is 11.1. The predicted octanol–water partition coefficient (Wildman–Crippen LogP) is -2.66. The molecule has 2 saturated heterocycles. The molecule has 12 nitrogen and oxygen atoms in total. The van der Waals surface area contributed by atoms with Crippen LogP contribution in [-0.2, 0) is 14.2 Å². The second-order valence-electron chi connectivity index (χ2n) is 7.81. The van der Waals surface area contributed by atoms with Crippen molar-refractivity contribution in [3.63, 3.8) is 0 Å². The van der Waals surface area contributed by atoms with E-state index in [2.05, 4.69) is 0 Å². The maximum Gasteiger partial charge on any atom is 0.229 e. The van der Waals surface area contributed by atoms with Gasteiger partial charge in [-0.2, -0.15) is 0 Å². The predicted molar refractivity (Wildman–Crippen MR) is 110 cm³/mol. The van der Waals surface area contributed by atoms with Crippen molar-refractivity contribution in [3.05, 3.63) is 29.8 Å². The zero-order valence-electron chi connectivity index (χ0n) is 17.9. The average Bonchev–Trinajstić information content (AvgIpc) is 3.11. The number of aliphatic hydroxyl groups is 7. The van der Waals surface area contributed by atoms with Crippen LogP contribution in [0.1, 0.15) is 5.56 Å². The largest absolute Gasteiger partial charge is 0.493 e. The van der Waals surface area contributed by atoms with Crippen molar-refractivity contribution < 1.29 is 59.4 Å². The molecule has 12 heteroatoms. The van der Waals surface area contributed by atoms with Crippen molar-refractivity contribution >= 4 is 6.08 Å². The van der Waals surface area contributed by atoms with E-state index in [0.717, 1.165) is 0 Å². The van der Waals surface area contributed by atoms with Crippen molar-refractivity contribution in [2.45, 2.75) is 48.7 Å². The third kappa shape index (κ3) is 5.46. The van der Waals surface area contributed by atoms with Crippen LogP contribution in [-0.4, -0.2) is 118 Å². The van der Waals surface area contributed by atoms with Crippen molar-refractivity contribution in [2.75, 3.05) is 33.5 Å². The summed E-state index contributed by atoms with van der Waals surface area (Å²) < 4.78 is 27.6. The first-order chi connectivity index (χ1) is 15.8. The number of methoxy groups -OCH3 is 1. The van der Waals surface area contributed by atoms with Crippen LogP contribution >= 0.6 is 0 Å². The molecule has 0 bridgehead atoms. The van der Waals surface area contributed by atoms with Gasteiger partial charge < -0.3 is 59.4 Å². The van der Waals surface area contributed by atoms with Gasteiger partial charge in [-0.3, -0.25) is 0 Å². The minimum absolute atomic E-state index is 0.140. The van der Waals surface area contributed by atoms with Crippen LogP contribution in [0.2, 0.25) is 0 Å². The summed E-state index contributed by atoms with van der Waals surface area (Å²) in [6, 6.07) is 4.84.